The van der Waals surface area contributed by atoms with Gasteiger partial charge in [-0.05, 0) is 5.56 Å². The van der Waals surface area contributed by atoms with Gasteiger partial charge in [0.1, 0.15) is 5.75 Å². The zero-order valence-electron chi connectivity index (χ0n) is 8.85. The van der Waals surface area contributed by atoms with Crippen LogP contribution in [0.15, 0.2) is 30.3 Å². The lowest BCUT2D eigenvalue weighted by Gasteiger charge is -2.21. The highest BCUT2D eigenvalue weighted by molar-refractivity contribution is 7.85. The molecule has 0 bridgehead atoms. The fourth-order valence-electron chi connectivity index (χ4n) is 1.48. The van der Waals surface area contributed by atoms with Gasteiger partial charge in [-0.2, -0.15) is 8.42 Å². The Morgan fingerprint density at radius 2 is 1.88 bits per heavy atom. The van der Waals surface area contributed by atoms with Gasteiger partial charge in [-0.3, -0.25) is 9.35 Å². The summed E-state index contributed by atoms with van der Waals surface area (Å²) in [6.07, 6.45) is -1.05. The zero-order chi connectivity index (χ0) is 12.9. The molecule has 2 atom stereocenters. The Morgan fingerprint density at radius 1 is 1.29 bits per heavy atom. The monoisotopic (exact) mass is 259 g/mol. The molecule has 6 nitrogen and oxygen atoms in total. The molecule has 1 rings (SSSR count). The van der Waals surface area contributed by atoms with Gasteiger partial charge >= 0.3 is 0 Å². The molecule has 0 spiro atoms. The van der Waals surface area contributed by atoms with Crippen molar-refractivity contribution in [2.24, 2.45) is 0 Å². The van der Waals surface area contributed by atoms with E-state index < -0.39 is 28.0 Å². The van der Waals surface area contributed by atoms with E-state index in [4.69, 9.17) is 4.55 Å². The molecule has 0 saturated carbocycles. The smallest absolute Gasteiger partial charge is 0.267 e. The molecule has 0 aliphatic heterocycles. The Bertz CT molecular complexity index is 459. The molecule has 0 aliphatic rings. The minimum atomic E-state index is -4.30. The number of nitrogens with one attached hydrogen (secondary N) is 1. The summed E-state index contributed by atoms with van der Waals surface area (Å²) in [5.41, 5.74) is 0.552. The van der Waals surface area contributed by atoms with E-state index in [1.807, 2.05) is 0 Å². The summed E-state index contributed by atoms with van der Waals surface area (Å²) in [6.45, 7) is 0. The first-order chi connectivity index (χ1) is 7.94. The maximum absolute atomic E-state index is 10.7. The summed E-state index contributed by atoms with van der Waals surface area (Å²) in [6, 6.07) is 7.51. The van der Waals surface area contributed by atoms with Crippen LogP contribution in [0.3, 0.4) is 0 Å². The third-order valence-electron chi connectivity index (χ3n) is 2.17. The van der Waals surface area contributed by atoms with Crippen molar-refractivity contribution in [1.29, 1.82) is 0 Å². The van der Waals surface area contributed by atoms with Crippen molar-refractivity contribution in [2.45, 2.75) is 12.1 Å². The Morgan fingerprint density at radius 3 is 2.35 bits per heavy atom. The van der Waals surface area contributed by atoms with Crippen LogP contribution in [0, 0.1) is 0 Å². The standard InChI is InChI=1S/C10H13NO5S/c12-7-11-10(8-4-2-1-3-5-8)9(13)6-17(14,15)16/h1-5,7,9-10,13H,6H2,(H,11,12)(H,14,15,16)/t9-,10?/m1/s1. The van der Waals surface area contributed by atoms with E-state index in [1.54, 1.807) is 30.3 Å². The Kier molecular flexibility index (Phi) is 4.62. The number of aliphatic hydroxyl groups excluding tert-OH is 1. The Hall–Kier alpha value is -1.44. The summed E-state index contributed by atoms with van der Waals surface area (Å²) in [7, 11) is -4.30. The molecule has 1 aromatic carbocycles. The first-order valence-corrected chi connectivity index (χ1v) is 6.43. The maximum Gasteiger partial charge on any atom is 0.267 e. The summed E-state index contributed by atoms with van der Waals surface area (Å²) in [4.78, 5) is 10.4. The van der Waals surface area contributed by atoms with Gasteiger partial charge in [0.2, 0.25) is 6.41 Å². The zero-order valence-corrected chi connectivity index (χ0v) is 9.67. The second kappa shape index (κ2) is 5.76. The van der Waals surface area contributed by atoms with E-state index >= 15 is 0 Å². The SMILES string of the molecule is O=CNC(c1ccccc1)[C@H](O)CS(=O)(=O)O. The van der Waals surface area contributed by atoms with E-state index in [1.165, 1.54) is 0 Å². The van der Waals surface area contributed by atoms with Crippen LogP contribution in [0.2, 0.25) is 0 Å². The topological polar surface area (TPSA) is 104 Å². The van der Waals surface area contributed by atoms with Gasteiger partial charge in [0.05, 0.1) is 12.1 Å². The van der Waals surface area contributed by atoms with Crippen molar-refractivity contribution in [3.63, 3.8) is 0 Å². The minimum Gasteiger partial charge on any atom is -0.389 e. The lowest BCUT2D eigenvalue weighted by Crippen LogP contribution is -2.35. The number of hydrogen-bond donors (Lipinski definition) is 3. The average Bonchev–Trinajstić information content (AvgIpc) is 2.24. The number of carbonyl (C=O) groups excluding carboxylic acids is 1. The number of hydrogen-bond acceptors (Lipinski definition) is 4. The first-order valence-electron chi connectivity index (χ1n) is 4.82. The maximum atomic E-state index is 10.7. The van der Waals surface area contributed by atoms with Gasteiger partial charge in [0.15, 0.2) is 0 Å². The largest absolute Gasteiger partial charge is 0.389 e. The highest BCUT2D eigenvalue weighted by Gasteiger charge is 2.24. The van der Waals surface area contributed by atoms with Crippen LogP contribution in [0.1, 0.15) is 11.6 Å². The highest BCUT2D eigenvalue weighted by Crippen LogP contribution is 2.17. The fraction of sp³-hybridized carbons (Fsp3) is 0.300. The van der Waals surface area contributed by atoms with Gasteiger partial charge in [-0.15, -0.1) is 0 Å². The van der Waals surface area contributed by atoms with Crippen molar-refractivity contribution in [3.8, 4) is 0 Å². The van der Waals surface area contributed by atoms with Crippen molar-refractivity contribution >= 4 is 16.5 Å². The van der Waals surface area contributed by atoms with E-state index in [2.05, 4.69) is 5.32 Å². The van der Waals surface area contributed by atoms with E-state index in [9.17, 15) is 18.3 Å². The molecule has 0 radical (unpaired) electrons. The van der Waals surface area contributed by atoms with Crippen LogP contribution < -0.4 is 5.32 Å². The lowest BCUT2D eigenvalue weighted by atomic mass is 10.0. The predicted molar refractivity (Wildman–Crippen MR) is 60.8 cm³/mol. The summed E-state index contributed by atoms with van der Waals surface area (Å²) < 4.78 is 30.0. The molecule has 3 N–H and O–H groups in total. The molecular formula is C10H13NO5S. The van der Waals surface area contributed by atoms with Gasteiger partial charge in [0, 0.05) is 0 Å². The van der Waals surface area contributed by atoms with E-state index in [0.717, 1.165) is 0 Å². The summed E-state index contributed by atoms with van der Waals surface area (Å²) in [5, 5.41) is 12.0. The van der Waals surface area contributed by atoms with Crippen LogP contribution >= 0.6 is 0 Å². The molecule has 17 heavy (non-hydrogen) atoms. The highest BCUT2D eigenvalue weighted by atomic mass is 32.2. The van der Waals surface area contributed by atoms with Crippen LogP contribution in [-0.4, -0.2) is 36.3 Å². The second-order valence-corrected chi connectivity index (χ2v) is 4.99. The van der Waals surface area contributed by atoms with Crippen molar-refractivity contribution in [1.82, 2.24) is 5.32 Å². The van der Waals surface area contributed by atoms with E-state index in [-0.39, 0.29) is 0 Å². The lowest BCUT2D eigenvalue weighted by molar-refractivity contribution is -0.110. The molecule has 7 heteroatoms. The third-order valence-corrected chi connectivity index (χ3v) is 2.94. The van der Waals surface area contributed by atoms with Crippen LogP contribution in [0.4, 0.5) is 0 Å². The molecule has 1 amide bonds. The Labute approximate surface area is 99.0 Å². The van der Waals surface area contributed by atoms with Crippen molar-refractivity contribution < 1.29 is 22.9 Å². The normalized spacial score (nSPS) is 14.9. The fourth-order valence-corrected chi connectivity index (χ4v) is 2.10. The molecule has 1 aromatic rings. The number of benzene rings is 1. The summed E-state index contributed by atoms with van der Waals surface area (Å²) >= 11 is 0. The molecule has 0 saturated heterocycles. The number of carbonyl (C=O) groups is 1. The molecular weight excluding hydrogens is 246 g/mol. The summed E-state index contributed by atoms with van der Waals surface area (Å²) in [5.74, 6) is -0.840. The van der Waals surface area contributed by atoms with Crippen molar-refractivity contribution in [2.75, 3.05) is 5.75 Å². The molecule has 1 unspecified atom stereocenters. The molecule has 0 aromatic heterocycles. The predicted octanol–water partition coefficient (Wildman–Crippen LogP) is -0.278. The van der Waals surface area contributed by atoms with Gasteiger partial charge < -0.3 is 10.4 Å². The number of amides is 1. The molecule has 0 heterocycles. The molecule has 0 fully saturated rings. The van der Waals surface area contributed by atoms with Gasteiger partial charge in [-0.25, -0.2) is 0 Å². The van der Waals surface area contributed by atoms with Gasteiger partial charge in [0.25, 0.3) is 10.1 Å². The number of rotatable bonds is 6. The first kappa shape index (κ1) is 13.6. The number of aliphatic hydroxyl groups is 1. The minimum absolute atomic E-state index is 0.366. The molecule has 94 valence electrons. The second-order valence-electron chi connectivity index (χ2n) is 3.49. The van der Waals surface area contributed by atoms with Crippen LogP contribution in [0.5, 0.6) is 0 Å². The van der Waals surface area contributed by atoms with Crippen LogP contribution in [-0.2, 0) is 14.9 Å². The Balaban J connectivity index is 2.90. The van der Waals surface area contributed by atoms with E-state index in [0.29, 0.717) is 12.0 Å². The van der Waals surface area contributed by atoms with Gasteiger partial charge in [-0.1, -0.05) is 30.3 Å². The van der Waals surface area contributed by atoms with Crippen molar-refractivity contribution in [3.05, 3.63) is 35.9 Å². The third kappa shape index (κ3) is 4.51. The quantitative estimate of drug-likeness (QED) is 0.481. The van der Waals surface area contributed by atoms with Crippen LogP contribution in [0.25, 0.3) is 0 Å². The average molecular weight is 259 g/mol. The molecule has 0 aliphatic carbocycles.